The van der Waals surface area contributed by atoms with E-state index in [1.165, 1.54) is 0 Å². The Morgan fingerprint density at radius 3 is 2.67 bits per heavy atom. The number of pyridine rings is 1. The molecule has 2 aromatic carbocycles. The topological polar surface area (TPSA) is 51.7 Å². The average molecular weight is 445 g/mol. The maximum Gasteiger partial charge on any atom is 0.253 e. The quantitative estimate of drug-likeness (QED) is 0.474. The predicted octanol–water partition coefficient (Wildman–Crippen LogP) is 5.62. The highest BCUT2D eigenvalue weighted by molar-refractivity contribution is 5.94. The summed E-state index contributed by atoms with van der Waals surface area (Å²) in [6, 6.07) is 20.1. The second-order valence-electron chi connectivity index (χ2n) is 8.58. The summed E-state index contributed by atoms with van der Waals surface area (Å²) >= 11 is 0. The summed E-state index contributed by atoms with van der Waals surface area (Å²) in [5, 5.41) is 0. The fourth-order valence-corrected chi connectivity index (χ4v) is 4.42. The van der Waals surface area contributed by atoms with Gasteiger partial charge in [-0.05, 0) is 79.8 Å². The number of ether oxygens (including phenoxy) is 2. The third-order valence-electron chi connectivity index (χ3n) is 6.18. The Labute approximate surface area is 196 Å². The molecule has 1 atom stereocenters. The molecule has 5 heteroatoms. The smallest absolute Gasteiger partial charge is 0.253 e. The lowest BCUT2D eigenvalue weighted by molar-refractivity contribution is 0.0705. The van der Waals surface area contributed by atoms with Gasteiger partial charge in [0.05, 0.1) is 13.7 Å². The van der Waals surface area contributed by atoms with Gasteiger partial charge in [-0.3, -0.25) is 9.78 Å². The number of hydrogen-bond acceptors (Lipinski definition) is 4. The Bertz CT molecular complexity index is 1090. The molecule has 172 valence electrons. The van der Waals surface area contributed by atoms with Gasteiger partial charge < -0.3 is 14.4 Å². The summed E-state index contributed by atoms with van der Waals surface area (Å²) in [7, 11) is 1.68. The molecule has 1 unspecified atom stereocenters. The first-order valence-electron chi connectivity index (χ1n) is 11.7. The summed E-state index contributed by atoms with van der Waals surface area (Å²) in [4.78, 5) is 20.0. The lowest BCUT2D eigenvalue weighted by atomic mass is 9.91. The van der Waals surface area contributed by atoms with Gasteiger partial charge >= 0.3 is 0 Å². The Hall–Kier alpha value is -3.18. The van der Waals surface area contributed by atoms with Gasteiger partial charge in [0.1, 0.15) is 5.75 Å². The molecular weight excluding hydrogens is 412 g/mol. The molecule has 0 aliphatic carbocycles. The van der Waals surface area contributed by atoms with E-state index >= 15 is 0 Å². The normalized spacial score (nSPS) is 16.0. The number of piperidine rings is 1. The third-order valence-corrected chi connectivity index (χ3v) is 6.18. The summed E-state index contributed by atoms with van der Waals surface area (Å²) in [5.41, 5.74) is 6.09. The number of likely N-dealkylation sites (tertiary alicyclic amines) is 1. The van der Waals surface area contributed by atoms with Crippen LogP contribution in [-0.4, -0.2) is 42.6 Å². The number of aromatic nitrogens is 1. The van der Waals surface area contributed by atoms with Crippen LogP contribution in [0.4, 0.5) is 0 Å². The number of nitrogens with zero attached hydrogens (tertiary/aromatic N) is 2. The Morgan fingerprint density at radius 2 is 1.91 bits per heavy atom. The van der Waals surface area contributed by atoms with Crippen molar-refractivity contribution in [1.82, 2.24) is 9.88 Å². The fourth-order valence-electron chi connectivity index (χ4n) is 4.42. The minimum Gasteiger partial charge on any atom is -0.497 e. The van der Waals surface area contributed by atoms with Crippen LogP contribution in [0.25, 0.3) is 11.1 Å². The molecule has 33 heavy (non-hydrogen) atoms. The van der Waals surface area contributed by atoms with E-state index in [1.807, 2.05) is 61.2 Å². The molecule has 0 N–H and O–H groups in total. The highest BCUT2D eigenvalue weighted by atomic mass is 16.5. The number of carbonyl (C=O) groups is 1. The first-order chi connectivity index (χ1) is 16.1. The molecule has 0 saturated carbocycles. The van der Waals surface area contributed by atoms with Crippen molar-refractivity contribution in [2.24, 2.45) is 0 Å². The molecule has 1 amide bonds. The minimum atomic E-state index is 0.0864. The van der Waals surface area contributed by atoms with Crippen LogP contribution in [0.3, 0.4) is 0 Å². The SMILES string of the molecule is CCOCc1ccc(C(=O)N2CCCC(c3cc(-c4cccc(OC)c4)cc(C)n3)C2)cc1. The zero-order chi connectivity index (χ0) is 23.2. The molecule has 0 bridgehead atoms. The number of aryl methyl sites for hydroxylation is 1. The molecule has 1 aliphatic heterocycles. The number of methoxy groups -OCH3 is 1. The molecule has 1 fully saturated rings. The Kier molecular flexibility index (Phi) is 7.40. The molecule has 1 saturated heterocycles. The maximum atomic E-state index is 13.2. The van der Waals surface area contributed by atoms with E-state index in [2.05, 4.69) is 18.2 Å². The van der Waals surface area contributed by atoms with Crippen LogP contribution in [-0.2, 0) is 11.3 Å². The fraction of sp³-hybridized carbons (Fsp3) is 0.357. The van der Waals surface area contributed by atoms with Crippen molar-refractivity contribution in [3.8, 4) is 16.9 Å². The van der Waals surface area contributed by atoms with Crippen molar-refractivity contribution in [3.05, 3.63) is 83.2 Å². The van der Waals surface area contributed by atoms with Gasteiger partial charge in [-0.25, -0.2) is 0 Å². The van der Waals surface area contributed by atoms with Gasteiger partial charge in [0, 0.05) is 42.6 Å². The van der Waals surface area contributed by atoms with Gasteiger partial charge in [-0.2, -0.15) is 0 Å². The van der Waals surface area contributed by atoms with Crippen LogP contribution in [0.1, 0.15) is 53.0 Å². The number of hydrogen-bond donors (Lipinski definition) is 0. The van der Waals surface area contributed by atoms with Gasteiger partial charge in [0.2, 0.25) is 0 Å². The van der Waals surface area contributed by atoms with Crippen LogP contribution >= 0.6 is 0 Å². The summed E-state index contributed by atoms with van der Waals surface area (Å²) in [6.45, 7) is 6.74. The number of amides is 1. The summed E-state index contributed by atoms with van der Waals surface area (Å²) in [5.74, 6) is 1.15. The van der Waals surface area contributed by atoms with Gasteiger partial charge in [-0.1, -0.05) is 24.3 Å². The van der Waals surface area contributed by atoms with Crippen molar-refractivity contribution < 1.29 is 14.3 Å². The maximum absolute atomic E-state index is 13.2. The molecule has 3 aromatic rings. The Morgan fingerprint density at radius 1 is 1.09 bits per heavy atom. The van der Waals surface area contributed by atoms with E-state index in [4.69, 9.17) is 14.5 Å². The zero-order valence-corrected chi connectivity index (χ0v) is 19.7. The van der Waals surface area contributed by atoms with Crippen LogP contribution in [0.15, 0.2) is 60.7 Å². The van der Waals surface area contributed by atoms with Crippen LogP contribution < -0.4 is 4.74 Å². The molecule has 1 aromatic heterocycles. The van der Waals surface area contributed by atoms with E-state index in [0.717, 1.165) is 58.8 Å². The van der Waals surface area contributed by atoms with Crippen molar-refractivity contribution in [2.75, 3.05) is 26.8 Å². The molecule has 0 radical (unpaired) electrons. The van der Waals surface area contributed by atoms with Gasteiger partial charge in [0.15, 0.2) is 0 Å². The molecule has 5 nitrogen and oxygen atoms in total. The lowest BCUT2D eigenvalue weighted by Crippen LogP contribution is -2.39. The summed E-state index contributed by atoms with van der Waals surface area (Å²) < 4.78 is 10.8. The van der Waals surface area contributed by atoms with E-state index in [0.29, 0.717) is 19.8 Å². The highest BCUT2D eigenvalue weighted by Gasteiger charge is 2.27. The standard InChI is InChI=1S/C28H32N2O3/c1-4-33-19-21-10-12-22(13-11-21)28(31)30-14-6-8-24(18-30)27-17-25(15-20(2)29-27)23-7-5-9-26(16-23)32-3/h5,7,9-13,15-17,24H,4,6,8,14,18-19H2,1-3H3. The molecule has 0 spiro atoms. The van der Waals surface area contributed by atoms with Crippen molar-refractivity contribution in [3.63, 3.8) is 0 Å². The van der Waals surface area contributed by atoms with Gasteiger partial charge in [0.25, 0.3) is 5.91 Å². The number of rotatable bonds is 7. The first kappa shape index (κ1) is 23.0. The number of carbonyl (C=O) groups excluding carboxylic acids is 1. The van der Waals surface area contributed by atoms with Crippen LogP contribution in [0.5, 0.6) is 5.75 Å². The summed E-state index contributed by atoms with van der Waals surface area (Å²) in [6.07, 6.45) is 2.01. The molecule has 1 aliphatic rings. The van der Waals surface area contributed by atoms with Crippen molar-refractivity contribution in [1.29, 1.82) is 0 Å². The van der Waals surface area contributed by atoms with E-state index in [1.54, 1.807) is 7.11 Å². The number of benzene rings is 2. The molecule has 2 heterocycles. The highest BCUT2D eigenvalue weighted by Crippen LogP contribution is 2.31. The first-order valence-corrected chi connectivity index (χ1v) is 11.7. The van der Waals surface area contributed by atoms with E-state index < -0.39 is 0 Å². The third kappa shape index (κ3) is 5.60. The largest absolute Gasteiger partial charge is 0.497 e. The zero-order valence-electron chi connectivity index (χ0n) is 19.7. The lowest BCUT2D eigenvalue weighted by Gasteiger charge is -2.33. The van der Waals surface area contributed by atoms with Gasteiger partial charge in [-0.15, -0.1) is 0 Å². The molecule has 4 rings (SSSR count). The van der Waals surface area contributed by atoms with Crippen LogP contribution in [0, 0.1) is 6.92 Å². The van der Waals surface area contributed by atoms with Crippen LogP contribution in [0.2, 0.25) is 0 Å². The van der Waals surface area contributed by atoms with E-state index in [9.17, 15) is 4.79 Å². The Balaban J connectivity index is 1.51. The predicted molar refractivity (Wildman–Crippen MR) is 131 cm³/mol. The average Bonchev–Trinajstić information content (AvgIpc) is 2.87. The monoisotopic (exact) mass is 444 g/mol. The second kappa shape index (κ2) is 10.6. The minimum absolute atomic E-state index is 0.0864. The second-order valence-corrected chi connectivity index (χ2v) is 8.58. The van der Waals surface area contributed by atoms with Crippen molar-refractivity contribution >= 4 is 5.91 Å². The molecular formula is C28H32N2O3. The van der Waals surface area contributed by atoms with E-state index in [-0.39, 0.29) is 11.8 Å². The van der Waals surface area contributed by atoms with Crippen molar-refractivity contribution in [2.45, 2.75) is 39.2 Å².